The average Bonchev–Trinajstić information content (AvgIpc) is 3.61. The van der Waals surface area contributed by atoms with E-state index in [1.807, 2.05) is 50.2 Å². The van der Waals surface area contributed by atoms with Gasteiger partial charge in [0, 0.05) is 66.0 Å². The van der Waals surface area contributed by atoms with Crippen LogP contribution in [0.5, 0.6) is 0 Å². The molecule has 1 amide bonds. The summed E-state index contributed by atoms with van der Waals surface area (Å²) in [5.74, 6) is 0.894. The minimum atomic E-state index is 0.0293. The standard InChI is InChI=1S/C26H27N7O/c1-32-16-21(14-29-32)18-3-2-4-19(11-18)25-27-12-20(13-28-25)22-15-30-33(17-22)23-5-8-26(9-6-23)10-7-24(34)31-26/h2-4,11-17,23H,5-10H2,1H3,(H,31,34)/t23-,26-. The molecule has 1 saturated heterocycles. The molecule has 0 radical (unpaired) electrons. The highest BCUT2D eigenvalue weighted by atomic mass is 16.2. The molecule has 0 bridgehead atoms. The Morgan fingerprint density at radius 2 is 1.62 bits per heavy atom. The van der Waals surface area contributed by atoms with Crippen LogP contribution in [0.2, 0.25) is 0 Å². The molecule has 4 aromatic rings. The van der Waals surface area contributed by atoms with Gasteiger partial charge in [-0.25, -0.2) is 9.97 Å². The van der Waals surface area contributed by atoms with Crippen molar-refractivity contribution in [2.24, 2.45) is 7.05 Å². The SMILES string of the molecule is Cn1cc(-c2cccc(-c3ncc(-c4cnn([C@H]5CC[C@@]6(CCC(=O)N6)CC5)c4)cn3)c2)cn1. The molecule has 1 spiro atoms. The van der Waals surface area contributed by atoms with Crippen molar-refractivity contribution in [3.63, 3.8) is 0 Å². The summed E-state index contributed by atoms with van der Waals surface area (Å²) in [6.07, 6.45) is 17.3. The summed E-state index contributed by atoms with van der Waals surface area (Å²) in [5, 5.41) is 12.1. The third-order valence-corrected chi connectivity index (χ3v) is 7.27. The highest BCUT2D eigenvalue weighted by Gasteiger charge is 2.41. The van der Waals surface area contributed by atoms with Gasteiger partial charge in [-0.3, -0.25) is 14.2 Å². The minimum absolute atomic E-state index is 0.0293. The largest absolute Gasteiger partial charge is 0.351 e. The Hall–Kier alpha value is -3.81. The number of hydrogen-bond acceptors (Lipinski definition) is 5. The quantitative estimate of drug-likeness (QED) is 0.501. The number of carbonyl (C=O) groups excluding carboxylic acids is 1. The van der Waals surface area contributed by atoms with Gasteiger partial charge in [-0.05, 0) is 43.7 Å². The molecular weight excluding hydrogens is 426 g/mol. The number of aryl methyl sites for hydroxylation is 1. The smallest absolute Gasteiger partial charge is 0.220 e. The van der Waals surface area contributed by atoms with E-state index in [2.05, 4.69) is 48.5 Å². The summed E-state index contributed by atoms with van der Waals surface area (Å²) >= 11 is 0. The summed E-state index contributed by atoms with van der Waals surface area (Å²) in [6.45, 7) is 0. The molecule has 3 aromatic heterocycles. The van der Waals surface area contributed by atoms with E-state index in [-0.39, 0.29) is 11.4 Å². The van der Waals surface area contributed by atoms with Crippen molar-refractivity contribution in [3.05, 3.63) is 61.4 Å². The lowest BCUT2D eigenvalue weighted by atomic mass is 9.78. The summed E-state index contributed by atoms with van der Waals surface area (Å²) in [5.41, 5.74) is 5.13. The first-order valence-corrected chi connectivity index (χ1v) is 11.8. The number of rotatable bonds is 4. The lowest BCUT2D eigenvalue weighted by molar-refractivity contribution is -0.120. The van der Waals surface area contributed by atoms with Gasteiger partial charge in [0.2, 0.25) is 5.91 Å². The van der Waals surface area contributed by atoms with Crippen molar-refractivity contribution in [2.75, 3.05) is 0 Å². The van der Waals surface area contributed by atoms with Crippen LogP contribution in [0.4, 0.5) is 0 Å². The van der Waals surface area contributed by atoms with Crippen molar-refractivity contribution in [2.45, 2.75) is 50.1 Å². The van der Waals surface area contributed by atoms with Gasteiger partial charge in [0.25, 0.3) is 0 Å². The zero-order chi connectivity index (χ0) is 23.1. The molecule has 6 rings (SSSR count). The monoisotopic (exact) mass is 453 g/mol. The van der Waals surface area contributed by atoms with E-state index in [9.17, 15) is 4.79 Å². The Morgan fingerprint density at radius 1 is 0.882 bits per heavy atom. The second-order valence-corrected chi connectivity index (χ2v) is 9.55. The van der Waals surface area contributed by atoms with Crippen LogP contribution < -0.4 is 5.32 Å². The van der Waals surface area contributed by atoms with Crippen LogP contribution in [0, 0.1) is 0 Å². The summed E-state index contributed by atoms with van der Waals surface area (Å²) < 4.78 is 3.87. The second-order valence-electron chi connectivity index (χ2n) is 9.55. The molecule has 8 heteroatoms. The maximum Gasteiger partial charge on any atom is 0.220 e. The molecule has 2 fully saturated rings. The highest BCUT2D eigenvalue weighted by Crippen LogP contribution is 2.40. The molecular formula is C26H27N7O. The number of aromatic nitrogens is 6. The van der Waals surface area contributed by atoms with Crippen molar-refractivity contribution >= 4 is 5.91 Å². The molecule has 34 heavy (non-hydrogen) atoms. The number of nitrogens with one attached hydrogen (secondary N) is 1. The van der Waals surface area contributed by atoms with E-state index in [4.69, 9.17) is 0 Å². The normalized spacial score (nSPS) is 22.3. The van der Waals surface area contributed by atoms with Gasteiger partial charge < -0.3 is 5.32 Å². The fourth-order valence-electron chi connectivity index (χ4n) is 5.29. The first-order chi connectivity index (χ1) is 16.6. The third kappa shape index (κ3) is 3.89. The molecule has 2 aliphatic rings. The van der Waals surface area contributed by atoms with Gasteiger partial charge in [-0.2, -0.15) is 10.2 Å². The molecule has 1 N–H and O–H groups in total. The maximum atomic E-state index is 11.7. The van der Waals surface area contributed by atoms with Crippen LogP contribution >= 0.6 is 0 Å². The Kier molecular flexibility index (Phi) is 5.01. The molecule has 1 aliphatic heterocycles. The van der Waals surface area contributed by atoms with Crippen LogP contribution in [-0.4, -0.2) is 41.0 Å². The second kappa shape index (κ2) is 8.20. The van der Waals surface area contributed by atoms with Crippen LogP contribution in [0.15, 0.2) is 61.4 Å². The molecule has 0 unspecified atom stereocenters. The predicted molar refractivity (Wildman–Crippen MR) is 129 cm³/mol. The van der Waals surface area contributed by atoms with Crippen LogP contribution in [0.3, 0.4) is 0 Å². The van der Waals surface area contributed by atoms with E-state index in [0.29, 0.717) is 18.3 Å². The number of carbonyl (C=O) groups is 1. The van der Waals surface area contributed by atoms with Gasteiger partial charge in [-0.1, -0.05) is 18.2 Å². The van der Waals surface area contributed by atoms with Crippen molar-refractivity contribution in [1.29, 1.82) is 0 Å². The molecule has 172 valence electrons. The van der Waals surface area contributed by atoms with E-state index in [0.717, 1.165) is 59.9 Å². The molecule has 1 aromatic carbocycles. The van der Waals surface area contributed by atoms with Crippen molar-refractivity contribution in [1.82, 2.24) is 34.8 Å². The van der Waals surface area contributed by atoms with Crippen LogP contribution in [0.25, 0.3) is 33.6 Å². The number of hydrogen-bond donors (Lipinski definition) is 1. The van der Waals surface area contributed by atoms with Crippen LogP contribution in [0.1, 0.15) is 44.6 Å². The predicted octanol–water partition coefficient (Wildman–Crippen LogP) is 4.17. The van der Waals surface area contributed by atoms with Gasteiger partial charge in [0.1, 0.15) is 0 Å². The highest BCUT2D eigenvalue weighted by molar-refractivity contribution is 5.79. The topological polar surface area (TPSA) is 90.5 Å². The van der Waals surface area contributed by atoms with Crippen molar-refractivity contribution < 1.29 is 4.79 Å². The molecule has 0 atom stereocenters. The Labute approximate surface area is 198 Å². The molecule has 4 heterocycles. The number of nitrogens with zero attached hydrogens (tertiary/aromatic N) is 6. The number of amides is 1. The van der Waals surface area contributed by atoms with Crippen molar-refractivity contribution in [3.8, 4) is 33.6 Å². The van der Waals surface area contributed by atoms with Gasteiger partial charge in [0.15, 0.2) is 5.82 Å². The van der Waals surface area contributed by atoms with E-state index >= 15 is 0 Å². The molecule has 1 saturated carbocycles. The lowest BCUT2D eigenvalue weighted by Crippen LogP contribution is -2.44. The van der Waals surface area contributed by atoms with E-state index in [1.165, 1.54) is 0 Å². The zero-order valence-electron chi connectivity index (χ0n) is 19.2. The fraction of sp³-hybridized carbons (Fsp3) is 0.346. The minimum Gasteiger partial charge on any atom is -0.351 e. The average molecular weight is 454 g/mol. The first-order valence-electron chi connectivity index (χ1n) is 11.8. The maximum absolute atomic E-state index is 11.7. The molecule has 8 nitrogen and oxygen atoms in total. The summed E-state index contributed by atoms with van der Waals surface area (Å²) in [4.78, 5) is 20.9. The number of benzene rings is 1. The van der Waals surface area contributed by atoms with E-state index < -0.39 is 0 Å². The van der Waals surface area contributed by atoms with E-state index in [1.54, 1.807) is 4.68 Å². The van der Waals surface area contributed by atoms with Gasteiger partial charge >= 0.3 is 0 Å². The lowest BCUT2D eigenvalue weighted by Gasteiger charge is -2.37. The molecule has 1 aliphatic carbocycles. The first kappa shape index (κ1) is 20.8. The van der Waals surface area contributed by atoms with Gasteiger partial charge in [0.05, 0.1) is 18.4 Å². The fourth-order valence-corrected chi connectivity index (χ4v) is 5.29. The summed E-state index contributed by atoms with van der Waals surface area (Å²) in [6, 6.07) is 8.57. The third-order valence-electron chi connectivity index (χ3n) is 7.27. The Bertz CT molecular complexity index is 1330. The summed E-state index contributed by atoms with van der Waals surface area (Å²) in [7, 11) is 1.91. The van der Waals surface area contributed by atoms with Gasteiger partial charge in [-0.15, -0.1) is 0 Å². The zero-order valence-corrected chi connectivity index (χ0v) is 19.2. The van der Waals surface area contributed by atoms with Crippen LogP contribution in [-0.2, 0) is 11.8 Å². The Balaban J connectivity index is 1.16. The Morgan fingerprint density at radius 3 is 2.32 bits per heavy atom.